The molecule has 1 heterocycles. The Labute approximate surface area is 172 Å². The molecule has 3 rings (SSSR count). The largest absolute Gasteiger partial charge is 0.497 e. The normalized spacial score (nSPS) is 10.4. The lowest BCUT2D eigenvalue weighted by Crippen LogP contribution is -2.22. The topological polar surface area (TPSA) is 82.5 Å². The Morgan fingerprint density at radius 1 is 1.14 bits per heavy atom. The van der Waals surface area contributed by atoms with E-state index in [1.54, 1.807) is 30.6 Å². The standard InChI is InChI=1S/C21H21N3O4S/c1-14-5-4-6-16(9-14)24-8-7-22-20(21(24)26)29-13-19(25)23-15-10-17(27-2)12-18(11-15)28-3/h4-12H,13H2,1-3H3,(H,23,25). The molecule has 3 aromatic rings. The summed E-state index contributed by atoms with van der Waals surface area (Å²) in [6.45, 7) is 1.96. The maximum Gasteiger partial charge on any atom is 0.287 e. The van der Waals surface area contributed by atoms with Crippen LogP contribution in [0.4, 0.5) is 5.69 Å². The van der Waals surface area contributed by atoms with Gasteiger partial charge >= 0.3 is 0 Å². The van der Waals surface area contributed by atoms with Gasteiger partial charge in [-0.1, -0.05) is 23.9 Å². The maximum absolute atomic E-state index is 12.7. The van der Waals surface area contributed by atoms with E-state index in [1.807, 2.05) is 31.2 Å². The zero-order valence-corrected chi connectivity index (χ0v) is 17.2. The number of amides is 1. The van der Waals surface area contributed by atoms with E-state index in [2.05, 4.69) is 10.3 Å². The summed E-state index contributed by atoms with van der Waals surface area (Å²) < 4.78 is 11.9. The van der Waals surface area contributed by atoms with E-state index in [1.165, 1.54) is 18.8 Å². The summed E-state index contributed by atoms with van der Waals surface area (Å²) in [6, 6.07) is 12.7. The minimum Gasteiger partial charge on any atom is -0.497 e. The maximum atomic E-state index is 12.7. The first-order chi connectivity index (χ1) is 14.0. The highest BCUT2D eigenvalue weighted by molar-refractivity contribution is 7.99. The molecule has 0 bridgehead atoms. The lowest BCUT2D eigenvalue weighted by Gasteiger charge is -2.10. The Kier molecular flexibility index (Phi) is 6.56. The number of ether oxygens (including phenoxy) is 2. The number of aryl methyl sites for hydroxylation is 1. The van der Waals surface area contributed by atoms with E-state index >= 15 is 0 Å². The predicted molar refractivity (Wildman–Crippen MR) is 113 cm³/mol. The average molecular weight is 411 g/mol. The summed E-state index contributed by atoms with van der Waals surface area (Å²) in [4.78, 5) is 29.2. The van der Waals surface area contributed by atoms with Crippen LogP contribution in [0.25, 0.3) is 5.69 Å². The van der Waals surface area contributed by atoms with Crippen LogP contribution < -0.4 is 20.3 Å². The molecule has 0 aliphatic heterocycles. The van der Waals surface area contributed by atoms with Gasteiger partial charge < -0.3 is 14.8 Å². The fourth-order valence-electron chi connectivity index (χ4n) is 2.68. The highest BCUT2D eigenvalue weighted by atomic mass is 32.2. The molecule has 0 atom stereocenters. The Morgan fingerprint density at radius 2 is 1.86 bits per heavy atom. The van der Waals surface area contributed by atoms with Crippen LogP contribution in [-0.2, 0) is 4.79 Å². The summed E-state index contributed by atoms with van der Waals surface area (Å²) in [5.41, 5.74) is 2.09. The number of hydrogen-bond donors (Lipinski definition) is 1. The molecule has 0 spiro atoms. The Morgan fingerprint density at radius 3 is 2.52 bits per heavy atom. The van der Waals surface area contributed by atoms with Crippen LogP contribution in [0.2, 0.25) is 0 Å². The number of nitrogens with one attached hydrogen (secondary N) is 1. The second-order valence-electron chi connectivity index (χ2n) is 6.18. The summed E-state index contributed by atoms with van der Waals surface area (Å²) in [6.07, 6.45) is 3.17. The quantitative estimate of drug-likeness (QED) is 0.601. The highest BCUT2D eigenvalue weighted by Crippen LogP contribution is 2.26. The minimum atomic E-state index is -0.266. The molecule has 0 unspecified atom stereocenters. The SMILES string of the molecule is COc1cc(NC(=O)CSc2nccn(-c3cccc(C)c3)c2=O)cc(OC)c1. The number of nitrogens with zero attached hydrogens (tertiary/aromatic N) is 2. The molecule has 0 aliphatic carbocycles. The first-order valence-electron chi connectivity index (χ1n) is 8.80. The van der Waals surface area contributed by atoms with Gasteiger partial charge in [0.2, 0.25) is 5.91 Å². The van der Waals surface area contributed by atoms with Crippen molar-refractivity contribution in [3.8, 4) is 17.2 Å². The first-order valence-corrected chi connectivity index (χ1v) is 9.79. The molecule has 0 aliphatic rings. The summed E-state index contributed by atoms with van der Waals surface area (Å²) in [5, 5.41) is 3.04. The number of rotatable bonds is 7. The Hall–Kier alpha value is -3.26. The number of carbonyl (C=O) groups is 1. The summed E-state index contributed by atoms with van der Waals surface area (Å²) in [5.74, 6) is 0.910. The molecule has 0 radical (unpaired) electrons. The smallest absolute Gasteiger partial charge is 0.287 e. The summed E-state index contributed by atoms with van der Waals surface area (Å²) in [7, 11) is 3.08. The van der Waals surface area contributed by atoms with Crippen molar-refractivity contribution in [3.05, 3.63) is 70.8 Å². The van der Waals surface area contributed by atoms with E-state index in [0.29, 0.717) is 17.2 Å². The molecule has 7 nitrogen and oxygen atoms in total. The number of methoxy groups -OCH3 is 2. The van der Waals surface area contributed by atoms with Crippen molar-refractivity contribution >= 4 is 23.4 Å². The molecule has 8 heteroatoms. The number of carbonyl (C=O) groups excluding carboxylic acids is 1. The second-order valence-corrected chi connectivity index (χ2v) is 7.15. The molecule has 1 amide bonds. The van der Waals surface area contributed by atoms with Gasteiger partial charge in [-0.3, -0.25) is 14.2 Å². The van der Waals surface area contributed by atoms with Gasteiger partial charge in [-0.25, -0.2) is 4.98 Å². The van der Waals surface area contributed by atoms with E-state index in [4.69, 9.17) is 9.47 Å². The van der Waals surface area contributed by atoms with Crippen LogP contribution >= 0.6 is 11.8 Å². The van der Waals surface area contributed by atoms with Crippen molar-refractivity contribution in [2.45, 2.75) is 11.9 Å². The molecular weight excluding hydrogens is 390 g/mol. The highest BCUT2D eigenvalue weighted by Gasteiger charge is 2.11. The molecule has 29 heavy (non-hydrogen) atoms. The molecule has 1 N–H and O–H groups in total. The molecule has 150 valence electrons. The van der Waals surface area contributed by atoms with Crippen LogP contribution in [0.5, 0.6) is 11.5 Å². The van der Waals surface area contributed by atoms with Gasteiger partial charge in [-0.2, -0.15) is 0 Å². The zero-order chi connectivity index (χ0) is 20.8. The van der Waals surface area contributed by atoms with Gasteiger partial charge in [0.1, 0.15) is 11.5 Å². The van der Waals surface area contributed by atoms with Crippen molar-refractivity contribution in [1.82, 2.24) is 9.55 Å². The van der Waals surface area contributed by atoms with E-state index < -0.39 is 0 Å². The van der Waals surface area contributed by atoms with Gasteiger partial charge in [0, 0.05) is 42.0 Å². The van der Waals surface area contributed by atoms with E-state index in [-0.39, 0.29) is 22.2 Å². The van der Waals surface area contributed by atoms with Crippen LogP contribution in [0.15, 0.2) is 64.7 Å². The van der Waals surface area contributed by atoms with Gasteiger partial charge in [-0.05, 0) is 24.6 Å². The number of aromatic nitrogens is 2. The number of thioether (sulfide) groups is 1. The van der Waals surface area contributed by atoms with Crippen LogP contribution in [0.3, 0.4) is 0 Å². The van der Waals surface area contributed by atoms with Crippen molar-refractivity contribution in [2.75, 3.05) is 25.3 Å². The van der Waals surface area contributed by atoms with E-state index in [0.717, 1.165) is 23.0 Å². The molecule has 1 aromatic heterocycles. The third-order valence-corrected chi connectivity index (χ3v) is 5.02. The number of anilines is 1. The minimum absolute atomic E-state index is 0.0413. The van der Waals surface area contributed by atoms with Gasteiger partial charge in [0.05, 0.1) is 20.0 Å². The second kappa shape index (κ2) is 9.29. The third-order valence-electron chi connectivity index (χ3n) is 4.06. The Balaban J connectivity index is 1.71. The van der Waals surface area contributed by atoms with Crippen molar-refractivity contribution in [3.63, 3.8) is 0 Å². The van der Waals surface area contributed by atoms with Gasteiger partial charge in [0.15, 0.2) is 5.03 Å². The van der Waals surface area contributed by atoms with Gasteiger partial charge in [-0.15, -0.1) is 0 Å². The van der Waals surface area contributed by atoms with Crippen molar-refractivity contribution < 1.29 is 14.3 Å². The van der Waals surface area contributed by atoms with Crippen molar-refractivity contribution in [1.29, 1.82) is 0 Å². The number of benzene rings is 2. The molecule has 0 saturated heterocycles. The lowest BCUT2D eigenvalue weighted by atomic mass is 10.2. The molecule has 0 saturated carbocycles. The van der Waals surface area contributed by atoms with Crippen LogP contribution in [-0.4, -0.2) is 35.4 Å². The van der Waals surface area contributed by atoms with Crippen LogP contribution in [0.1, 0.15) is 5.56 Å². The fourth-order valence-corrected chi connectivity index (χ4v) is 3.38. The average Bonchev–Trinajstić information content (AvgIpc) is 2.72. The predicted octanol–water partition coefficient (Wildman–Crippen LogP) is 3.29. The monoisotopic (exact) mass is 411 g/mol. The number of hydrogen-bond acceptors (Lipinski definition) is 6. The molecule has 2 aromatic carbocycles. The fraction of sp³-hybridized carbons (Fsp3) is 0.190. The van der Waals surface area contributed by atoms with Crippen molar-refractivity contribution in [2.24, 2.45) is 0 Å². The zero-order valence-electron chi connectivity index (χ0n) is 16.3. The molecule has 0 fully saturated rings. The molecular formula is C21H21N3O4S. The van der Waals surface area contributed by atoms with Gasteiger partial charge in [0.25, 0.3) is 5.56 Å². The van der Waals surface area contributed by atoms with E-state index in [9.17, 15) is 9.59 Å². The lowest BCUT2D eigenvalue weighted by molar-refractivity contribution is -0.113. The van der Waals surface area contributed by atoms with Crippen LogP contribution in [0, 0.1) is 6.92 Å². The first kappa shape index (κ1) is 20.5. The Bertz CT molecular complexity index is 1060. The third kappa shape index (κ3) is 5.17. The summed E-state index contributed by atoms with van der Waals surface area (Å²) >= 11 is 1.09.